The van der Waals surface area contributed by atoms with Gasteiger partial charge in [0.2, 0.25) is 0 Å². The van der Waals surface area contributed by atoms with Crippen LogP contribution in [0.5, 0.6) is 0 Å². The van der Waals surface area contributed by atoms with Crippen LogP contribution in [0.4, 0.5) is 23.7 Å². The fourth-order valence-corrected chi connectivity index (χ4v) is 3.35. The largest absolute Gasteiger partial charge is 0.433 e. The fourth-order valence-electron chi connectivity index (χ4n) is 3.35. The molecule has 0 unspecified atom stereocenters. The Morgan fingerprint density at radius 3 is 2.48 bits per heavy atom. The van der Waals surface area contributed by atoms with Crippen molar-refractivity contribution < 1.29 is 18.0 Å². The summed E-state index contributed by atoms with van der Waals surface area (Å²) in [6.45, 7) is 7.61. The maximum atomic E-state index is 13.3. The molecule has 0 bridgehead atoms. The zero-order chi connectivity index (χ0) is 22.4. The number of carbonyl (C=O) groups excluding carboxylic acids is 1. The number of carbonyl (C=O) groups is 1. The lowest BCUT2D eigenvalue weighted by Crippen LogP contribution is -2.32. The van der Waals surface area contributed by atoms with E-state index in [-0.39, 0.29) is 17.1 Å². The zero-order valence-corrected chi connectivity index (χ0v) is 17.4. The van der Waals surface area contributed by atoms with E-state index in [4.69, 9.17) is 0 Å². The molecule has 166 valence electrons. The Hall–Kier alpha value is -3.14. The molecule has 0 aliphatic rings. The molecule has 10 heteroatoms. The van der Waals surface area contributed by atoms with Gasteiger partial charge in [-0.15, -0.1) is 0 Å². The molecule has 0 saturated carbocycles. The lowest BCUT2D eigenvalue weighted by atomic mass is 10.0. The number of hydrogen-bond acceptors (Lipinski definition) is 4. The topological polar surface area (TPSA) is 85.9 Å². The van der Waals surface area contributed by atoms with Gasteiger partial charge in [0.25, 0.3) is 0 Å². The van der Waals surface area contributed by atoms with Gasteiger partial charge in [-0.3, -0.25) is 5.10 Å². The van der Waals surface area contributed by atoms with Crippen molar-refractivity contribution in [1.29, 1.82) is 0 Å². The molecule has 0 saturated heterocycles. The SMILES string of the molecule is CCN(CC)CCCNC(=O)Nc1ccc(-c2ccnc3n[nH]c(C(F)(F)F)c23)cc1. The third-order valence-electron chi connectivity index (χ3n) is 5.02. The molecule has 0 spiro atoms. The summed E-state index contributed by atoms with van der Waals surface area (Å²) >= 11 is 0. The predicted octanol–water partition coefficient (Wildman–Crippen LogP) is 4.50. The number of aromatic nitrogens is 3. The van der Waals surface area contributed by atoms with Crippen molar-refractivity contribution in [1.82, 2.24) is 25.4 Å². The minimum Gasteiger partial charge on any atom is -0.338 e. The van der Waals surface area contributed by atoms with Crippen molar-refractivity contribution in [2.45, 2.75) is 26.4 Å². The number of halogens is 3. The van der Waals surface area contributed by atoms with E-state index in [2.05, 4.69) is 39.5 Å². The molecule has 2 aromatic heterocycles. The van der Waals surface area contributed by atoms with Crippen LogP contribution in [0.25, 0.3) is 22.2 Å². The standard InChI is InChI=1S/C21H25F3N6O/c1-3-30(4-2)13-5-11-26-20(31)27-15-8-6-14(7-9-15)16-10-12-25-19-17(16)18(28-29-19)21(22,23)24/h6-10,12H,3-5,11,13H2,1-2H3,(H,25,28,29)(H2,26,27,31). The summed E-state index contributed by atoms with van der Waals surface area (Å²) in [4.78, 5) is 18.2. The molecule has 2 heterocycles. The zero-order valence-electron chi connectivity index (χ0n) is 17.4. The number of pyridine rings is 1. The summed E-state index contributed by atoms with van der Waals surface area (Å²) in [7, 11) is 0. The summed E-state index contributed by atoms with van der Waals surface area (Å²) in [6.07, 6.45) is -2.31. The van der Waals surface area contributed by atoms with E-state index in [1.54, 1.807) is 24.3 Å². The molecule has 3 N–H and O–H groups in total. The van der Waals surface area contributed by atoms with E-state index in [1.165, 1.54) is 12.3 Å². The monoisotopic (exact) mass is 434 g/mol. The molecule has 2 amide bonds. The first-order valence-corrected chi connectivity index (χ1v) is 10.1. The smallest absolute Gasteiger partial charge is 0.338 e. The van der Waals surface area contributed by atoms with Gasteiger partial charge in [-0.25, -0.2) is 9.78 Å². The summed E-state index contributed by atoms with van der Waals surface area (Å²) < 4.78 is 39.9. The molecule has 3 aromatic rings. The highest BCUT2D eigenvalue weighted by atomic mass is 19.4. The molecule has 7 nitrogen and oxygen atoms in total. The number of nitrogens with one attached hydrogen (secondary N) is 3. The maximum Gasteiger partial charge on any atom is 0.433 e. The molecule has 31 heavy (non-hydrogen) atoms. The molecular weight excluding hydrogens is 409 g/mol. The quantitative estimate of drug-likeness (QED) is 0.456. The van der Waals surface area contributed by atoms with Crippen LogP contribution in [0.2, 0.25) is 0 Å². The second-order valence-corrected chi connectivity index (χ2v) is 6.99. The highest BCUT2D eigenvalue weighted by Crippen LogP contribution is 2.37. The molecule has 0 fully saturated rings. The first-order valence-electron chi connectivity index (χ1n) is 10.1. The molecule has 1 aromatic carbocycles. The third-order valence-corrected chi connectivity index (χ3v) is 5.02. The predicted molar refractivity (Wildman–Crippen MR) is 114 cm³/mol. The van der Waals surface area contributed by atoms with Crippen molar-refractivity contribution in [2.75, 3.05) is 31.5 Å². The van der Waals surface area contributed by atoms with Crippen LogP contribution in [0.1, 0.15) is 26.0 Å². The number of fused-ring (bicyclic) bond motifs is 1. The Balaban J connectivity index is 1.66. The van der Waals surface area contributed by atoms with Gasteiger partial charge >= 0.3 is 12.2 Å². The molecular formula is C21H25F3N6O. The van der Waals surface area contributed by atoms with Gasteiger partial charge in [-0.2, -0.15) is 18.3 Å². The van der Waals surface area contributed by atoms with Crippen molar-refractivity contribution in [3.8, 4) is 11.1 Å². The number of anilines is 1. The minimum atomic E-state index is -4.57. The Morgan fingerprint density at radius 1 is 1.13 bits per heavy atom. The van der Waals surface area contributed by atoms with E-state index >= 15 is 0 Å². The number of amides is 2. The lowest BCUT2D eigenvalue weighted by Gasteiger charge is -2.17. The van der Waals surface area contributed by atoms with E-state index in [9.17, 15) is 18.0 Å². The molecule has 0 aliphatic carbocycles. The normalized spacial score (nSPS) is 11.8. The van der Waals surface area contributed by atoms with Crippen molar-refractivity contribution in [3.63, 3.8) is 0 Å². The number of H-pyrrole nitrogens is 1. The summed E-state index contributed by atoms with van der Waals surface area (Å²) in [5.41, 5.74) is 0.523. The summed E-state index contributed by atoms with van der Waals surface area (Å²) in [6, 6.07) is 7.77. The fraction of sp³-hybridized carbons (Fsp3) is 0.381. The number of urea groups is 1. The van der Waals surface area contributed by atoms with Gasteiger partial charge in [0.05, 0.1) is 5.39 Å². The Labute approximate surface area is 178 Å². The molecule has 0 aliphatic heterocycles. The lowest BCUT2D eigenvalue weighted by molar-refractivity contribution is -0.139. The number of hydrogen-bond donors (Lipinski definition) is 3. The number of alkyl halides is 3. The van der Waals surface area contributed by atoms with Gasteiger partial charge < -0.3 is 15.5 Å². The number of aromatic amines is 1. The van der Waals surface area contributed by atoms with E-state index in [1.807, 2.05) is 5.10 Å². The highest BCUT2D eigenvalue weighted by molar-refractivity contribution is 5.95. The molecule has 3 rings (SSSR count). The van der Waals surface area contributed by atoms with Gasteiger partial charge in [-0.1, -0.05) is 26.0 Å². The number of rotatable bonds is 8. The van der Waals surface area contributed by atoms with Gasteiger partial charge in [0, 0.05) is 18.4 Å². The Kier molecular flexibility index (Phi) is 7.11. The van der Waals surface area contributed by atoms with Crippen molar-refractivity contribution in [3.05, 3.63) is 42.2 Å². The first kappa shape index (κ1) is 22.5. The summed E-state index contributed by atoms with van der Waals surface area (Å²) in [5.74, 6) is 0. The van der Waals surface area contributed by atoms with E-state index in [0.717, 1.165) is 26.1 Å². The van der Waals surface area contributed by atoms with Gasteiger partial charge in [0.15, 0.2) is 5.65 Å². The third kappa shape index (κ3) is 5.52. The Bertz CT molecular complexity index is 1010. The summed E-state index contributed by atoms with van der Waals surface area (Å²) in [5, 5.41) is 11.1. The van der Waals surface area contributed by atoms with Crippen molar-refractivity contribution in [2.24, 2.45) is 0 Å². The van der Waals surface area contributed by atoms with Crippen LogP contribution >= 0.6 is 0 Å². The van der Waals surface area contributed by atoms with E-state index < -0.39 is 11.9 Å². The van der Waals surface area contributed by atoms with Crippen molar-refractivity contribution >= 4 is 22.8 Å². The van der Waals surface area contributed by atoms with Crippen LogP contribution in [0.15, 0.2) is 36.5 Å². The van der Waals surface area contributed by atoms with Crippen LogP contribution in [0, 0.1) is 0 Å². The first-order chi connectivity index (χ1) is 14.8. The molecule has 0 atom stereocenters. The average molecular weight is 434 g/mol. The number of nitrogens with zero attached hydrogens (tertiary/aromatic N) is 3. The van der Waals surface area contributed by atoms with Crippen LogP contribution < -0.4 is 10.6 Å². The van der Waals surface area contributed by atoms with Gasteiger partial charge in [0.1, 0.15) is 5.69 Å². The molecule has 0 radical (unpaired) electrons. The minimum absolute atomic E-state index is 0.00360. The van der Waals surface area contributed by atoms with E-state index in [0.29, 0.717) is 23.4 Å². The maximum absolute atomic E-state index is 13.3. The second kappa shape index (κ2) is 9.78. The second-order valence-electron chi connectivity index (χ2n) is 6.99. The van der Waals surface area contributed by atoms with Gasteiger partial charge in [-0.05, 0) is 55.4 Å². The van der Waals surface area contributed by atoms with Crippen LogP contribution in [0.3, 0.4) is 0 Å². The van der Waals surface area contributed by atoms with Crippen LogP contribution in [-0.2, 0) is 6.18 Å². The number of benzene rings is 1. The van der Waals surface area contributed by atoms with Crippen LogP contribution in [-0.4, -0.2) is 52.3 Å². The average Bonchev–Trinajstić information content (AvgIpc) is 3.19. The highest BCUT2D eigenvalue weighted by Gasteiger charge is 2.36. The Morgan fingerprint density at radius 2 is 1.84 bits per heavy atom.